The van der Waals surface area contributed by atoms with Crippen molar-refractivity contribution in [3.05, 3.63) is 58.8 Å². The Labute approximate surface area is 150 Å². The minimum atomic E-state index is -0.222. The van der Waals surface area contributed by atoms with E-state index < -0.39 is 0 Å². The normalized spacial score (nSPS) is 11.1. The molecular weight excluding hydrogens is 342 g/mol. The minimum absolute atomic E-state index is 0.0615. The smallest absolute Gasteiger partial charge is 0.290 e. The molecule has 0 bridgehead atoms. The molecule has 2 aromatic heterocycles. The van der Waals surface area contributed by atoms with Crippen LogP contribution in [0.1, 0.15) is 36.1 Å². The van der Waals surface area contributed by atoms with Crippen LogP contribution in [-0.2, 0) is 6.54 Å². The second-order valence-corrected chi connectivity index (χ2v) is 6.33. The summed E-state index contributed by atoms with van der Waals surface area (Å²) in [5.41, 5.74) is 0.659. The summed E-state index contributed by atoms with van der Waals surface area (Å²) in [5.74, 6) is 1.41. The van der Waals surface area contributed by atoms with Gasteiger partial charge in [0.15, 0.2) is 5.76 Å². The summed E-state index contributed by atoms with van der Waals surface area (Å²) in [4.78, 5) is 14.3. The Hall–Kier alpha value is -2.60. The molecule has 7 heteroatoms. The van der Waals surface area contributed by atoms with Gasteiger partial charge in [0, 0.05) is 6.04 Å². The maximum atomic E-state index is 12.7. The lowest BCUT2D eigenvalue weighted by molar-refractivity contribution is 0.0638. The quantitative estimate of drug-likeness (QED) is 0.677. The molecule has 3 rings (SSSR count). The van der Waals surface area contributed by atoms with E-state index in [2.05, 4.69) is 10.2 Å². The number of benzene rings is 1. The Morgan fingerprint density at radius 3 is 2.56 bits per heavy atom. The molecule has 0 aliphatic rings. The van der Waals surface area contributed by atoms with Crippen molar-refractivity contribution >= 4 is 17.5 Å². The highest BCUT2D eigenvalue weighted by Gasteiger charge is 2.24. The molecule has 25 heavy (non-hydrogen) atoms. The zero-order chi connectivity index (χ0) is 18.0. The van der Waals surface area contributed by atoms with Gasteiger partial charge in [0.1, 0.15) is 5.76 Å². The Kier molecular flexibility index (Phi) is 4.90. The standard InChI is InChI=1S/C18H18ClN3O3/c1-11(2)22(18(23)15-9-8-12(3)24-15)10-16-20-21-17(25-16)13-6-4-5-7-14(13)19/h4-9,11H,10H2,1-3H3. The first kappa shape index (κ1) is 17.2. The van der Waals surface area contributed by atoms with Crippen molar-refractivity contribution in [3.8, 4) is 11.5 Å². The maximum absolute atomic E-state index is 12.7. The molecule has 0 radical (unpaired) electrons. The summed E-state index contributed by atoms with van der Waals surface area (Å²) in [6.07, 6.45) is 0. The highest BCUT2D eigenvalue weighted by Crippen LogP contribution is 2.26. The number of nitrogens with zero attached hydrogens (tertiary/aromatic N) is 3. The molecule has 0 atom stereocenters. The molecule has 0 saturated heterocycles. The summed E-state index contributed by atoms with van der Waals surface area (Å²) in [5, 5.41) is 8.60. The fraction of sp³-hybridized carbons (Fsp3) is 0.278. The summed E-state index contributed by atoms with van der Waals surface area (Å²) in [6, 6.07) is 10.6. The second kappa shape index (κ2) is 7.11. The average Bonchev–Trinajstić information content (AvgIpc) is 3.21. The van der Waals surface area contributed by atoms with Crippen LogP contribution in [0.15, 0.2) is 45.2 Å². The highest BCUT2D eigenvalue weighted by atomic mass is 35.5. The van der Waals surface area contributed by atoms with Crippen molar-refractivity contribution in [1.82, 2.24) is 15.1 Å². The maximum Gasteiger partial charge on any atom is 0.290 e. The van der Waals surface area contributed by atoms with Crippen LogP contribution in [-0.4, -0.2) is 27.0 Å². The van der Waals surface area contributed by atoms with Gasteiger partial charge < -0.3 is 13.7 Å². The number of hydrogen-bond acceptors (Lipinski definition) is 5. The number of aryl methyl sites for hydroxylation is 1. The van der Waals surface area contributed by atoms with Crippen molar-refractivity contribution in [2.75, 3.05) is 0 Å². The molecule has 1 aromatic carbocycles. The van der Waals surface area contributed by atoms with Gasteiger partial charge >= 0.3 is 0 Å². The van der Waals surface area contributed by atoms with E-state index in [1.165, 1.54) is 0 Å². The van der Waals surface area contributed by atoms with Gasteiger partial charge in [-0.3, -0.25) is 4.79 Å². The van der Waals surface area contributed by atoms with Crippen LogP contribution >= 0.6 is 11.6 Å². The van der Waals surface area contributed by atoms with E-state index in [0.29, 0.717) is 28.1 Å². The Bertz CT molecular complexity index is 885. The zero-order valence-corrected chi connectivity index (χ0v) is 14.9. The van der Waals surface area contributed by atoms with Gasteiger partial charge in [-0.25, -0.2) is 0 Å². The fourth-order valence-corrected chi connectivity index (χ4v) is 2.60. The molecule has 0 spiro atoms. The third kappa shape index (κ3) is 3.74. The number of carbonyl (C=O) groups is 1. The van der Waals surface area contributed by atoms with Gasteiger partial charge in [0.05, 0.1) is 17.1 Å². The molecule has 0 saturated carbocycles. The molecule has 1 amide bonds. The van der Waals surface area contributed by atoms with Crippen LogP contribution in [0.5, 0.6) is 0 Å². The van der Waals surface area contributed by atoms with Crippen LogP contribution < -0.4 is 0 Å². The number of halogens is 1. The van der Waals surface area contributed by atoms with Gasteiger partial charge in [-0.2, -0.15) is 0 Å². The summed E-state index contributed by atoms with van der Waals surface area (Å²) in [6.45, 7) is 5.82. The SMILES string of the molecule is Cc1ccc(C(=O)N(Cc2nnc(-c3ccccc3Cl)o2)C(C)C)o1. The molecule has 0 N–H and O–H groups in total. The van der Waals surface area contributed by atoms with Crippen LogP contribution in [0.25, 0.3) is 11.5 Å². The van der Waals surface area contributed by atoms with Crippen LogP contribution in [0.4, 0.5) is 0 Å². The van der Waals surface area contributed by atoms with E-state index in [1.54, 1.807) is 36.1 Å². The second-order valence-electron chi connectivity index (χ2n) is 5.92. The lowest BCUT2D eigenvalue weighted by atomic mass is 10.2. The van der Waals surface area contributed by atoms with Gasteiger partial charge in [0.2, 0.25) is 11.8 Å². The molecule has 0 unspecified atom stereocenters. The first-order chi connectivity index (χ1) is 12.0. The first-order valence-corrected chi connectivity index (χ1v) is 8.28. The molecule has 6 nitrogen and oxygen atoms in total. The van der Waals surface area contributed by atoms with E-state index in [1.807, 2.05) is 26.0 Å². The lowest BCUT2D eigenvalue weighted by Crippen LogP contribution is -2.36. The number of rotatable bonds is 5. The molecule has 0 aliphatic heterocycles. The molecule has 0 aliphatic carbocycles. The Morgan fingerprint density at radius 1 is 1.16 bits per heavy atom. The van der Waals surface area contributed by atoms with E-state index in [-0.39, 0.29) is 24.3 Å². The number of amides is 1. The van der Waals surface area contributed by atoms with Crippen LogP contribution in [0, 0.1) is 6.92 Å². The van der Waals surface area contributed by atoms with E-state index in [4.69, 9.17) is 20.4 Å². The molecular formula is C18H18ClN3O3. The van der Waals surface area contributed by atoms with E-state index >= 15 is 0 Å². The minimum Gasteiger partial charge on any atom is -0.456 e. The Morgan fingerprint density at radius 2 is 1.92 bits per heavy atom. The first-order valence-electron chi connectivity index (χ1n) is 7.90. The average molecular weight is 360 g/mol. The lowest BCUT2D eigenvalue weighted by Gasteiger charge is -2.24. The number of aromatic nitrogens is 2. The highest BCUT2D eigenvalue weighted by molar-refractivity contribution is 6.33. The number of furan rings is 1. The predicted molar refractivity (Wildman–Crippen MR) is 93.2 cm³/mol. The Balaban J connectivity index is 1.82. The van der Waals surface area contributed by atoms with Gasteiger partial charge in [-0.1, -0.05) is 23.7 Å². The summed E-state index contributed by atoms with van der Waals surface area (Å²) >= 11 is 6.15. The molecule has 3 aromatic rings. The van der Waals surface area contributed by atoms with Crippen molar-refractivity contribution in [1.29, 1.82) is 0 Å². The van der Waals surface area contributed by atoms with E-state index in [9.17, 15) is 4.79 Å². The fourth-order valence-electron chi connectivity index (χ4n) is 2.39. The van der Waals surface area contributed by atoms with E-state index in [0.717, 1.165) is 0 Å². The summed E-state index contributed by atoms with van der Waals surface area (Å²) in [7, 11) is 0. The van der Waals surface area contributed by atoms with Crippen LogP contribution in [0.3, 0.4) is 0 Å². The molecule has 130 valence electrons. The van der Waals surface area contributed by atoms with Crippen molar-refractivity contribution in [2.45, 2.75) is 33.4 Å². The topological polar surface area (TPSA) is 72.4 Å². The largest absolute Gasteiger partial charge is 0.456 e. The van der Waals surface area contributed by atoms with Crippen molar-refractivity contribution < 1.29 is 13.6 Å². The molecule has 2 heterocycles. The third-order valence-corrected chi connectivity index (χ3v) is 4.04. The number of hydrogen-bond donors (Lipinski definition) is 0. The van der Waals surface area contributed by atoms with Crippen molar-refractivity contribution in [2.24, 2.45) is 0 Å². The zero-order valence-electron chi connectivity index (χ0n) is 14.2. The van der Waals surface area contributed by atoms with Gasteiger partial charge in [-0.15, -0.1) is 10.2 Å². The van der Waals surface area contributed by atoms with Crippen LogP contribution in [0.2, 0.25) is 5.02 Å². The van der Waals surface area contributed by atoms with Gasteiger partial charge in [0.25, 0.3) is 5.91 Å². The third-order valence-electron chi connectivity index (χ3n) is 3.71. The van der Waals surface area contributed by atoms with Crippen molar-refractivity contribution in [3.63, 3.8) is 0 Å². The summed E-state index contributed by atoms with van der Waals surface area (Å²) < 4.78 is 11.1. The molecule has 0 fully saturated rings. The number of carbonyl (C=O) groups excluding carboxylic acids is 1. The monoisotopic (exact) mass is 359 g/mol. The van der Waals surface area contributed by atoms with Gasteiger partial charge in [-0.05, 0) is 45.0 Å². The predicted octanol–water partition coefficient (Wildman–Crippen LogP) is 4.34.